The van der Waals surface area contributed by atoms with Crippen LogP contribution in [0.25, 0.3) is 0 Å². The number of hydrogen-bond acceptors (Lipinski definition) is 8. The first-order chi connectivity index (χ1) is 14.3. The molecule has 0 spiro atoms. The first-order valence-corrected chi connectivity index (χ1v) is 12.2. The zero-order chi connectivity index (χ0) is 22.1. The maximum Gasteiger partial charge on any atom is 0.508 e. The Hall–Kier alpha value is -1.33. The van der Waals surface area contributed by atoms with Crippen LogP contribution in [-0.2, 0) is 41.7 Å². The number of carbonyl (C=O) groups excluding carboxylic acids is 1. The highest BCUT2D eigenvalue weighted by Gasteiger charge is 2.47. The molecule has 2 unspecified atom stereocenters. The molecule has 2 rings (SSSR count). The molecule has 1 aromatic carbocycles. The zero-order valence-corrected chi connectivity index (χ0v) is 19.5. The van der Waals surface area contributed by atoms with Gasteiger partial charge in [-0.2, -0.15) is 0 Å². The van der Waals surface area contributed by atoms with Gasteiger partial charge in [-0.05, 0) is 36.0 Å². The Balaban J connectivity index is 2.01. The predicted molar refractivity (Wildman–Crippen MR) is 118 cm³/mol. The van der Waals surface area contributed by atoms with Crippen molar-refractivity contribution in [3.8, 4) is 0 Å². The highest BCUT2D eigenvalue weighted by molar-refractivity contribution is 8.07. The Kier molecular flexibility index (Phi) is 9.89. The molecule has 1 aromatic rings. The number of thiocarbonyl (C=S) groups is 1. The van der Waals surface area contributed by atoms with E-state index >= 15 is 0 Å². The summed E-state index contributed by atoms with van der Waals surface area (Å²) in [5, 5.41) is 6.40. The molecule has 1 fully saturated rings. The number of methoxy groups -OCH3 is 1. The Labute approximate surface area is 186 Å². The van der Waals surface area contributed by atoms with Gasteiger partial charge >= 0.3 is 12.9 Å². The van der Waals surface area contributed by atoms with Gasteiger partial charge in [0.2, 0.25) is 0 Å². The van der Waals surface area contributed by atoms with Crippen LogP contribution < -0.4 is 10.6 Å². The third kappa shape index (κ3) is 7.42. The quantitative estimate of drug-likeness (QED) is 0.276. The smallest absolute Gasteiger partial charge is 0.434 e. The SMILES string of the molecule is CNC(=S)N[C@H]1C[C@H](COC(=O)OCc2ccccc2)C(OP(O)(=S)OC)[C@@H]1OC. The molecule has 3 N–H and O–H groups in total. The number of carbonyl (C=O) groups is 1. The zero-order valence-electron chi connectivity index (χ0n) is 17.0. The van der Waals surface area contributed by atoms with E-state index in [0.29, 0.717) is 11.5 Å². The first-order valence-electron chi connectivity index (χ1n) is 9.21. The van der Waals surface area contributed by atoms with Gasteiger partial charge in [-0.1, -0.05) is 30.3 Å². The van der Waals surface area contributed by atoms with Gasteiger partial charge in [0.25, 0.3) is 0 Å². The van der Waals surface area contributed by atoms with Gasteiger partial charge < -0.3 is 38.8 Å². The molecule has 1 aliphatic rings. The fourth-order valence-corrected chi connectivity index (χ4v) is 4.35. The molecule has 1 saturated carbocycles. The third-order valence-corrected chi connectivity index (χ3v) is 6.66. The topological polar surface area (TPSA) is 108 Å². The van der Waals surface area contributed by atoms with E-state index in [0.717, 1.165) is 5.56 Å². The molecule has 0 amide bonds. The van der Waals surface area contributed by atoms with Crippen molar-refractivity contribution in [2.75, 3.05) is 27.9 Å². The van der Waals surface area contributed by atoms with Crippen LogP contribution in [0.2, 0.25) is 0 Å². The van der Waals surface area contributed by atoms with Crippen molar-refractivity contribution in [2.24, 2.45) is 5.92 Å². The number of hydrogen-bond donors (Lipinski definition) is 3. The standard InChI is InChI=1S/C18H27N2O7PS2/c1-19-17(29)20-14-9-13(15(16(14)23-2)27-28(22,30)24-3)11-26-18(21)25-10-12-7-5-4-6-8-12/h4-8,13-16H,9-11H2,1-3H3,(H,22,30)(H2,19,20,29)/t13-,14+,15?,16-,28?/m1/s1. The second kappa shape index (κ2) is 11.9. The summed E-state index contributed by atoms with van der Waals surface area (Å²) in [6.07, 6.45) is -1.49. The van der Waals surface area contributed by atoms with Crippen LogP contribution in [0.4, 0.5) is 4.79 Å². The summed E-state index contributed by atoms with van der Waals surface area (Å²) < 4.78 is 26.6. The Morgan fingerprint density at radius 3 is 2.53 bits per heavy atom. The summed E-state index contributed by atoms with van der Waals surface area (Å²) in [5.74, 6) is -0.332. The van der Waals surface area contributed by atoms with Gasteiger partial charge in [-0.25, -0.2) is 4.79 Å². The highest BCUT2D eigenvalue weighted by atomic mass is 32.5. The van der Waals surface area contributed by atoms with E-state index in [1.807, 2.05) is 30.3 Å². The number of benzene rings is 1. The van der Waals surface area contributed by atoms with Crippen molar-refractivity contribution in [1.29, 1.82) is 0 Å². The van der Waals surface area contributed by atoms with E-state index in [4.69, 9.17) is 47.3 Å². The molecule has 9 nitrogen and oxygen atoms in total. The van der Waals surface area contributed by atoms with E-state index in [1.54, 1.807) is 7.05 Å². The normalized spacial score (nSPS) is 25.2. The minimum Gasteiger partial charge on any atom is -0.434 e. The molecular weight excluding hydrogens is 451 g/mol. The average Bonchev–Trinajstić information content (AvgIpc) is 3.06. The fraction of sp³-hybridized carbons (Fsp3) is 0.556. The lowest BCUT2D eigenvalue weighted by molar-refractivity contribution is -0.0251. The molecule has 0 saturated heterocycles. The molecule has 12 heteroatoms. The molecular formula is C18H27N2O7PS2. The average molecular weight is 479 g/mol. The molecule has 5 atom stereocenters. The first kappa shape index (κ1) is 24.9. The van der Waals surface area contributed by atoms with Gasteiger partial charge in [0.1, 0.15) is 25.4 Å². The van der Waals surface area contributed by atoms with Crippen LogP contribution in [0.3, 0.4) is 0 Å². The number of ether oxygens (including phenoxy) is 3. The van der Waals surface area contributed by atoms with E-state index in [2.05, 4.69) is 10.6 Å². The van der Waals surface area contributed by atoms with Crippen LogP contribution in [0.5, 0.6) is 0 Å². The Morgan fingerprint density at radius 2 is 1.93 bits per heavy atom. The molecule has 0 heterocycles. The molecule has 0 aromatic heterocycles. The summed E-state index contributed by atoms with van der Waals surface area (Å²) >= 11 is 10.2. The maximum absolute atomic E-state index is 12.0. The molecule has 1 aliphatic carbocycles. The lowest BCUT2D eigenvalue weighted by Gasteiger charge is -2.28. The second-order valence-electron chi connectivity index (χ2n) is 6.58. The Bertz CT molecular complexity index is 755. The van der Waals surface area contributed by atoms with Crippen molar-refractivity contribution in [2.45, 2.75) is 31.3 Å². The van der Waals surface area contributed by atoms with Crippen LogP contribution in [0.15, 0.2) is 30.3 Å². The fourth-order valence-electron chi connectivity index (χ4n) is 3.21. The largest absolute Gasteiger partial charge is 0.508 e. The van der Waals surface area contributed by atoms with Crippen molar-refractivity contribution in [3.63, 3.8) is 0 Å². The summed E-state index contributed by atoms with van der Waals surface area (Å²) in [6.45, 7) is -3.38. The van der Waals surface area contributed by atoms with Gasteiger partial charge in [0, 0.05) is 27.2 Å². The van der Waals surface area contributed by atoms with Crippen LogP contribution in [-0.4, -0.2) is 62.3 Å². The van der Waals surface area contributed by atoms with Crippen molar-refractivity contribution in [3.05, 3.63) is 35.9 Å². The summed E-state index contributed by atoms with van der Waals surface area (Å²) in [5.41, 5.74) is 0.849. The molecule has 0 bridgehead atoms. The van der Waals surface area contributed by atoms with Crippen LogP contribution >= 0.6 is 18.9 Å². The van der Waals surface area contributed by atoms with Crippen molar-refractivity contribution in [1.82, 2.24) is 10.6 Å². The number of rotatable bonds is 9. The van der Waals surface area contributed by atoms with Gasteiger partial charge in [-0.15, -0.1) is 0 Å². The Morgan fingerprint density at radius 1 is 1.23 bits per heavy atom. The number of nitrogens with one attached hydrogen (secondary N) is 2. The van der Waals surface area contributed by atoms with Crippen LogP contribution in [0.1, 0.15) is 12.0 Å². The monoisotopic (exact) mass is 478 g/mol. The lowest BCUT2D eigenvalue weighted by Crippen LogP contribution is -2.47. The van der Waals surface area contributed by atoms with Crippen molar-refractivity contribution >= 4 is 42.0 Å². The summed E-state index contributed by atoms with van der Waals surface area (Å²) in [7, 11) is 4.49. The molecule has 168 valence electrons. The van der Waals surface area contributed by atoms with Gasteiger partial charge in [-0.3, -0.25) is 0 Å². The molecule has 0 aliphatic heterocycles. The van der Waals surface area contributed by atoms with Crippen molar-refractivity contribution < 1.29 is 32.9 Å². The highest BCUT2D eigenvalue weighted by Crippen LogP contribution is 2.48. The van der Waals surface area contributed by atoms with E-state index < -0.39 is 25.1 Å². The van der Waals surface area contributed by atoms with Gasteiger partial charge in [0.15, 0.2) is 5.11 Å². The third-order valence-electron chi connectivity index (χ3n) is 4.66. The van der Waals surface area contributed by atoms with Crippen LogP contribution in [0, 0.1) is 5.92 Å². The maximum atomic E-state index is 12.0. The van der Waals surface area contributed by atoms with Gasteiger partial charge in [0.05, 0.1) is 6.04 Å². The van der Waals surface area contributed by atoms with E-state index in [1.165, 1.54) is 14.2 Å². The predicted octanol–water partition coefficient (Wildman–Crippen LogP) is 2.09. The summed E-state index contributed by atoms with van der Waals surface area (Å²) in [4.78, 5) is 22.2. The molecule has 0 radical (unpaired) electrons. The molecule has 30 heavy (non-hydrogen) atoms. The minimum atomic E-state index is -3.47. The minimum absolute atomic E-state index is 0.0122. The lowest BCUT2D eigenvalue weighted by atomic mass is 10.1. The van der Waals surface area contributed by atoms with E-state index in [-0.39, 0.29) is 25.2 Å². The second-order valence-corrected chi connectivity index (χ2v) is 9.89. The summed E-state index contributed by atoms with van der Waals surface area (Å²) in [6, 6.07) is 9.02. The van der Waals surface area contributed by atoms with E-state index in [9.17, 15) is 9.69 Å².